The van der Waals surface area contributed by atoms with Crippen LogP contribution in [-0.4, -0.2) is 118 Å². The third-order valence-corrected chi connectivity index (χ3v) is 12.0. The number of ether oxygens (including phenoxy) is 7. The maximum Gasteiger partial charge on any atom is 0.412 e. The fraction of sp³-hybridized carbons (Fsp3) is 0.458. The molecule has 0 spiro atoms. The molecule has 4 aromatic rings. The number of nitrogens with zero attached hydrogens (tertiary/aromatic N) is 4. The molecule has 27 heteroatoms. The lowest BCUT2D eigenvalue weighted by Gasteiger charge is -2.26. The van der Waals surface area contributed by atoms with Gasteiger partial charge in [0.05, 0.1) is 29.7 Å². The second kappa shape index (κ2) is 30.3. The van der Waals surface area contributed by atoms with E-state index < -0.39 is 126 Å². The van der Waals surface area contributed by atoms with Crippen molar-refractivity contribution in [1.29, 1.82) is 10.5 Å². The predicted octanol–water partition coefficient (Wildman–Crippen LogP) is 8.14. The van der Waals surface area contributed by atoms with Gasteiger partial charge in [-0.25, -0.2) is 29.1 Å². The van der Waals surface area contributed by atoms with Gasteiger partial charge in [-0.1, -0.05) is 42.4 Å². The number of nitriles is 2. The number of nitrogens with two attached hydrogens (primary N) is 1. The summed E-state index contributed by atoms with van der Waals surface area (Å²) in [4.78, 5) is 114. The van der Waals surface area contributed by atoms with E-state index in [1.165, 1.54) is 32.2 Å². The number of hydrogen-bond donors (Lipinski definition) is 5. The number of nitrogens with one attached hydrogen (secondary N) is 4. The standard InChI is InChI=1S/C59H72ClN9O16S/c1-32(27-64-48(72)42(23-44(70)82-56(3,4)5)67-54(76)84-58(9,10)11)52(74)80-30-39(81-53(75)33(2)65-49(73)43(24-45(71)83-57(6,7)8)68-55(77)85-59(12,13)14)29-78-38-21-17-34(18-22-38)46-40(25-61)47(63)69-51(41(46)26-62)86-31-37-28-79-50(66-37)35-15-19-36(60)20-16-35/h15-23,28,32-33,39,43H,24,27,29-31H2,1-14H3,(H2,63,69)(H,64,72)(H,65,73)(H,67,76)(H,68,77)/b42-23+/t32-,33+,39+,43+/m1/s1. The molecule has 4 rings (SSSR count). The highest BCUT2D eigenvalue weighted by molar-refractivity contribution is 7.98. The Bertz CT molecular complexity index is 3210. The van der Waals surface area contributed by atoms with Crippen molar-refractivity contribution in [3.63, 3.8) is 0 Å². The van der Waals surface area contributed by atoms with Crippen LogP contribution in [0.25, 0.3) is 22.6 Å². The summed E-state index contributed by atoms with van der Waals surface area (Å²) in [6.45, 7) is 20.2. The molecule has 0 unspecified atom stereocenters. The number of nitrogen functional groups attached to an aromatic ring is 1. The predicted molar refractivity (Wildman–Crippen MR) is 313 cm³/mol. The lowest BCUT2D eigenvalue weighted by atomic mass is 9.97. The molecule has 4 amide bonds. The van der Waals surface area contributed by atoms with Crippen LogP contribution < -0.4 is 31.7 Å². The van der Waals surface area contributed by atoms with Crippen molar-refractivity contribution in [2.24, 2.45) is 5.92 Å². The minimum atomic E-state index is -1.59. The van der Waals surface area contributed by atoms with Gasteiger partial charge in [0.25, 0.3) is 5.91 Å². The first-order valence-electron chi connectivity index (χ1n) is 26.7. The zero-order valence-corrected chi connectivity index (χ0v) is 51.9. The average Bonchev–Trinajstić information content (AvgIpc) is 1.38. The fourth-order valence-electron chi connectivity index (χ4n) is 7.07. The normalized spacial score (nSPS) is 13.2. The van der Waals surface area contributed by atoms with Crippen LogP contribution in [0.15, 0.2) is 76.0 Å². The zero-order chi connectivity index (χ0) is 64.5. The molecule has 0 radical (unpaired) electrons. The van der Waals surface area contributed by atoms with Crippen molar-refractivity contribution in [2.45, 2.75) is 155 Å². The van der Waals surface area contributed by atoms with Crippen LogP contribution in [0.3, 0.4) is 0 Å². The number of carbonyl (C=O) groups is 8. The lowest BCUT2D eigenvalue weighted by Crippen LogP contribution is -2.53. The average molecular weight is 1230 g/mol. The highest BCUT2D eigenvalue weighted by atomic mass is 35.5. The SMILES string of the molecule is C[C@H](CNC(=O)/C(=C\C(=O)OC(C)(C)C)NC(=O)OC(C)(C)C)C(=O)OC[C@H](COc1ccc(-c2c(C#N)c(N)nc(SCc3coc(-c4ccc(Cl)cc4)n3)c2C#N)cc1)OC(=O)[C@H](C)NC(=O)[C@H](CC(=O)OC(C)(C)C)NC(=O)OC(C)(C)C. The van der Waals surface area contributed by atoms with Crippen LogP contribution in [0, 0.1) is 28.6 Å². The molecule has 0 bridgehead atoms. The summed E-state index contributed by atoms with van der Waals surface area (Å²) in [7, 11) is 0. The first-order valence-corrected chi connectivity index (χ1v) is 28.1. The van der Waals surface area contributed by atoms with E-state index in [4.69, 9.17) is 54.9 Å². The van der Waals surface area contributed by atoms with E-state index in [2.05, 4.69) is 37.3 Å². The van der Waals surface area contributed by atoms with Crippen molar-refractivity contribution in [3.05, 3.63) is 88.4 Å². The maximum atomic E-state index is 13.8. The molecular weight excluding hydrogens is 1160 g/mol. The quantitative estimate of drug-likeness (QED) is 0.0202. The molecule has 25 nitrogen and oxygen atoms in total. The number of thioether (sulfide) groups is 1. The second-order valence-corrected chi connectivity index (χ2v) is 24.6. The van der Waals surface area contributed by atoms with E-state index in [0.29, 0.717) is 27.7 Å². The Morgan fingerprint density at radius 2 is 1.31 bits per heavy atom. The smallest absolute Gasteiger partial charge is 0.412 e. The molecule has 2 aromatic heterocycles. The number of oxazole rings is 1. The van der Waals surface area contributed by atoms with Crippen LogP contribution >= 0.6 is 23.4 Å². The molecule has 462 valence electrons. The molecule has 0 aliphatic heterocycles. The number of amides is 4. The number of aromatic nitrogens is 2. The molecule has 6 N–H and O–H groups in total. The summed E-state index contributed by atoms with van der Waals surface area (Å²) in [5, 5.41) is 30.9. The third kappa shape index (κ3) is 23.6. The molecule has 0 saturated heterocycles. The van der Waals surface area contributed by atoms with Crippen molar-refractivity contribution < 1.29 is 75.9 Å². The van der Waals surface area contributed by atoms with Crippen LogP contribution in [0.5, 0.6) is 5.75 Å². The largest absolute Gasteiger partial charge is 0.490 e. The highest BCUT2D eigenvalue weighted by Crippen LogP contribution is 2.37. The Morgan fingerprint density at radius 1 is 0.733 bits per heavy atom. The molecule has 0 aliphatic carbocycles. The topological polar surface area (TPSA) is 362 Å². The number of halogens is 1. The molecule has 0 aliphatic rings. The van der Waals surface area contributed by atoms with Crippen molar-refractivity contribution in [2.75, 3.05) is 25.5 Å². The Kier molecular flexibility index (Phi) is 24.5. The Balaban J connectivity index is 1.58. The van der Waals surface area contributed by atoms with Gasteiger partial charge in [0.1, 0.15) is 94.0 Å². The second-order valence-electron chi connectivity index (χ2n) is 23.2. The zero-order valence-electron chi connectivity index (χ0n) is 50.3. The first kappa shape index (κ1) is 69.6. The van der Waals surface area contributed by atoms with Gasteiger partial charge < -0.3 is 59.3 Å². The number of benzene rings is 2. The molecule has 4 atom stereocenters. The number of esters is 4. The van der Waals surface area contributed by atoms with Crippen molar-refractivity contribution in [3.8, 4) is 40.5 Å². The van der Waals surface area contributed by atoms with Crippen molar-refractivity contribution in [1.82, 2.24) is 31.2 Å². The van der Waals surface area contributed by atoms with Crippen LogP contribution in [0.2, 0.25) is 5.02 Å². The van der Waals surface area contributed by atoms with E-state index >= 15 is 0 Å². The number of rotatable bonds is 23. The molecule has 0 fully saturated rings. The van der Waals surface area contributed by atoms with Gasteiger partial charge in [-0.2, -0.15) is 10.5 Å². The van der Waals surface area contributed by atoms with Gasteiger partial charge in [0, 0.05) is 28.4 Å². The number of anilines is 1. The number of alkyl carbamates (subject to hydrolysis) is 2. The molecule has 2 heterocycles. The van der Waals surface area contributed by atoms with Gasteiger partial charge in [-0.05, 0) is 132 Å². The van der Waals surface area contributed by atoms with Gasteiger partial charge in [-0.15, -0.1) is 0 Å². The minimum Gasteiger partial charge on any atom is -0.490 e. The van der Waals surface area contributed by atoms with E-state index in [9.17, 15) is 48.9 Å². The van der Waals surface area contributed by atoms with Crippen LogP contribution in [-0.2, 0) is 62.9 Å². The Morgan fingerprint density at radius 3 is 1.90 bits per heavy atom. The van der Waals surface area contributed by atoms with Gasteiger partial charge >= 0.3 is 36.1 Å². The monoisotopic (exact) mass is 1230 g/mol. The number of pyridine rings is 1. The van der Waals surface area contributed by atoms with Gasteiger partial charge in [-0.3, -0.25) is 24.5 Å². The van der Waals surface area contributed by atoms with Crippen molar-refractivity contribution >= 4 is 77.1 Å². The van der Waals surface area contributed by atoms with Crippen LogP contribution in [0.1, 0.15) is 120 Å². The number of carbonyl (C=O) groups excluding carboxylic acids is 8. The van der Waals surface area contributed by atoms with E-state index in [1.54, 1.807) is 119 Å². The Hall–Kier alpha value is -8.88. The van der Waals surface area contributed by atoms with E-state index in [-0.39, 0.29) is 39.0 Å². The summed E-state index contributed by atoms with van der Waals surface area (Å²) >= 11 is 7.17. The molecular formula is C59H72ClN9O16S. The van der Waals surface area contributed by atoms with Gasteiger partial charge in [0.2, 0.25) is 11.8 Å². The summed E-state index contributed by atoms with van der Waals surface area (Å²) in [6.07, 6.45) is -1.96. The molecule has 2 aromatic carbocycles. The summed E-state index contributed by atoms with van der Waals surface area (Å²) in [6, 6.07) is 14.1. The van der Waals surface area contributed by atoms with E-state index in [0.717, 1.165) is 17.8 Å². The third-order valence-electron chi connectivity index (χ3n) is 10.7. The highest BCUT2D eigenvalue weighted by Gasteiger charge is 2.33. The summed E-state index contributed by atoms with van der Waals surface area (Å²) < 4.78 is 44.1. The summed E-state index contributed by atoms with van der Waals surface area (Å²) in [5.74, 6) is -6.35. The van der Waals surface area contributed by atoms with E-state index in [1.807, 2.05) is 6.07 Å². The van der Waals surface area contributed by atoms with Gasteiger partial charge in [0.15, 0.2) is 6.10 Å². The fourth-order valence-corrected chi connectivity index (χ4v) is 8.06. The summed E-state index contributed by atoms with van der Waals surface area (Å²) in [5.41, 5.74) is 3.62. The maximum absolute atomic E-state index is 13.8. The minimum absolute atomic E-state index is 0.0478. The molecule has 0 saturated carbocycles. The number of hydrogen-bond acceptors (Lipinski definition) is 22. The van der Waals surface area contributed by atoms with Crippen LogP contribution in [0.4, 0.5) is 15.4 Å². The molecule has 86 heavy (non-hydrogen) atoms. The first-order chi connectivity index (χ1) is 39.9. The lowest BCUT2D eigenvalue weighted by molar-refractivity contribution is -0.164. The Labute approximate surface area is 507 Å².